The third-order valence-electron chi connectivity index (χ3n) is 4.02. The van der Waals surface area contributed by atoms with Gasteiger partial charge in [0.05, 0.1) is 23.3 Å². The van der Waals surface area contributed by atoms with E-state index in [0.717, 1.165) is 0 Å². The Balaban J connectivity index is 1.86. The third kappa shape index (κ3) is 4.01. The second-order valence-electron chi connectivity index (χ2n) is 5.84. The molecule has 27 heavy (non-hydrogen) atoms. The van der Waals surface area contributed by atoms with Gasteiger partial charge in [0.1, 0.15) is 17.3 Å². The van der Waals surface area contributed by atoms with Crippen molar-refractivity contribution in [2.75, 3.05) is 7.11 Å². The van der Waals surface area contributed by atoms with Gasteiger partial charge in [-0.15, -0.1) is 0 Å². The number of nitrogens with zero attached hydrogens (tertiary/aromatic N) is 1. The molecule has 0 amide bonds. The summed E-state index contributed by atoms with van der Waals surface area (Å²) in [6.45, 7) is 1.64. The van der Waals surface area contributed by atoms with Crippen LogP contribution in [0.2, 0.25) is 0 Å². The maximum atomic E-state index is 12.6. The normalized spacial score (nSPS) is 11.3. The Bertz CT molecular complexity index is 1070. The molecule has 0 aliphatic heterocycles. The lowest BCUT2D eigenvalue weighted by Gasteiger charge is -2.04. The molecule has 1 aromatic heterocycles. The van der Waals surface area contributed by atoms with Crippen molar-refractivity contribution >= 4 is 15.8 Å². The number of ether oxygens (including phenoxy) is 1. The first-order valence-corrected chi connectivity index (χ1v) is 9.62. The number of sulfone groups is 1. The minimum Gasteiger partial charge on any atom is -0.497 e. The van der Waals surface area contributed by atoms with Crippen LogP contribution < -0.4 is 4.74 Å². The van der Waals surface area contributed by atoms with Gasteiger partial charge in [-0.3, -0.25) is 0 Å². The number of benzene rings is 2. The highest BCUT2D eigenvalue weighted by molar-refractivity contribution is 7.90. The number of rotatable bonds is 6. The first kappa shape index (κ1) is 18.7. The average Bonchev–Trinajstić information content (AvgIpc) is 3.01. The fourth-order valence-corrected chi connectivity index (χ4v) is 3.83. The molecule has 3 rings (SSSR count). The Morgan fingerprint density at radius 3 is 2.30 bits per heavy atom. The summed E-state index contributed by atoms with van der Waals surface area (Å²) in [7, 11) is -2.10. The van der Waals surface area contributed by atoms with Gasteiger partial charge in [0.2, 0.25) is 5.89 Å². The lowest BCUT2D eigenvalue weighted by molar-refractivity contribution is 0.0697. The minimum absolute atomic E-state index is 0.143. The van der Waals surface area contributed by atoms with Crippen LogP contribution in [-0.4, -0.2) is 31.6 Å². The molecule has 0 spiro atoms. The van der Waals surface area contributed by atoms with E-state index in [1.54, 1.807) is 31.2 Å². The number of aryl methyl sites for hydroxylation is 1. The number of aromatic nitrogens is 1. The van der Waals surface area contributed by atoms with E-state index in [-0.39, 0.29) is 22.1 Å². The highest BCUT2D eigenvalue weighted by Crippen LogP contribution is 2.25. The van der Waals surface area contributed by atoms with Crippen LogP contribution in [0, 0.1) is 6.92 Å². The molecule has 0 aliphatic rings. The lowest BCUT2D eigenvalue weighted by atomic mass is 10.1. The van der Waals surface area contributed by atoms with Crippen LogP contribution in [0.4, 0.5) is 0 Å². The average molecular weight is 387 g/mol. The van der Waals surface area contributed by atoms with Gasteiger partial charge in [-0.05, 0) is 55.5 Å². The predicted molar refractivity (Wildman–Crippen MR) is 97.5 cm³/mol. The topological polar surface area (TPSA) is 107 Å². The van der Waals surface area contributed by atoms with E-state index in [1.165, 1.54) is 31.4 Å². The highest BCUT2D eigenvalue weighted by Gasteiger charge is 2.21. The second kappa shape index (κ2) is 7.24. The molecule has 1 heterocycles. The van der Waals surface area contributed by atoms with Crippen molar-refractivity contribution in [2.45, 2.75) is 17.6 Å². The molecule has 3 aromatic rings. The molecule has 0 saturated carbocycles. The van der Waals surface area contributed by atoms with Gasteiger partial charge >= 0.3 is 5.97 Å². The number of carboxylic acid groups (broad SMARTS) is 1. The number of carboxylic acids is 1. The van der Waals surface area contributed by atoms with Gasteiger partial charge in [0.15, 0.2) is 9.84 Å². The summed E-state index contributed by atoms with van der Waals surface area (Å²) in [5, 5.41) is 8.95. The largest absolute Gasteiger partial charge is 0.497 e. The van der Waals surface area contributed by atoms with Crippen LogP contribution in [0.5, 0.6) is 5.75 Å². The molecule has 8 heteroatoms. The van der Waals surface area contributed by atoms with Crippen molar-refractivity contribution < 1.29 is 27.5 Å². The standard InChI is InChI=1S/C19H17NO6S/c1-12-17(11-27(23,24)16-9-7-15(25-2)8-10-16)20-18(26-12)13-3-5-14(6-4-13)19(21)22/h3-10H,11H2,1-2H3,(H,21,22). The zero-order valence-electron chi connectivity index (χ0n) is 14.7. The number of hydrogen-bond donors (Lipinski definition) is 1. The molecule has 0 radical (unpaired) electrons. The Morgan fingerprint density at radius 2 is 1.74 bits per heavy atom. The zero-order chi connectivity index (χ0) is 19.6. The molecular formula is C19H17NO6S. The van der Waals surface area contributed by atoms with Crippen LogP contribution in [0.3, 0.4) is 0 Å². The third-order valence-corrected chi connectivity index (χ3v) is 5.66. The van der Waals surface area contributed by atoms with Gasteiger partial charge < -0.3 is 14.3 Å². The maximum absolute atomic E-state index is 12.6. The summed E-state index contributed by atoms with van der Waals surface area (Å²) < 4.78 is 35.9. The smallest absolute Gasteiger partial charge is 0.335 e. The van der Waals surface area contributed by atoms with Crippen molar-refractivity contribution in [1.82, 2.24) is 4.98 Å². The predicted octanol–water partition coefficient (Wildman–Crippen LogP) is 3.33. The molecule has 0 bridgehead atoms. The van der Waals surface area contributed by atoms with E-state index >= 15 is 0 Å². The van der Waals surface area contributed by atoms with Crippen LogP contribution in [-0.2, 0) is 15.6 Å². The minimum atomic E-state index is -3.60. The van der Waals surface area contributed by atoms with Crippen LogP contribution in [0.25, 0.3) is 11.5 Å². The van der Waals surface area contributed by atoms with Gasteiger partial charge in [-0.1, -0.05) is 0 Å². The number of carbonyl (C=O) groups is 1. The fourth-order valence-electron chi connectivity index (χ4n) is 2.49. The van der Waals surface area contributed by atoms with Gasteiger partial charge in [0, 0.05) is 5.56 Å². The molecule has 7 nitrogen and oxygen atoms in total. The Hall–Kier alpha value is -3.13. The summed E-state index contributed by atoms with van der Waals surface area (Å²) in [6, 6.07) is 12.1. The molecule has 0 unspecified atom stereocenters. The highest BCUT2D eigenvalue weighted by atomic mass is 32.2. The summed E-state index contributed by atoms with van der Waals surface area (Å²) >= 11 is 0. The molecule has 140 valence electrons. The van der Waals surface area contributed by atoms with Gasteiger partial charge in [-0.2, -0.15) is 0 Å². The molecule has 0 saturated heterocycles. The van der Waals surface area contributed by atoms with Crippen LogP contribution >= 0.6 is 0 Å². The molecule has 0 fully saturated rings. The quantitative estimate of drug-likeness (QED) is 0.691. The zero-order valence-corrected chi connectivity index (χ0v) is 15.5. The molecule has 0 atom stereocenters. The summed E-state index contributed by atoms with van der Waals surface area (Å²) in [5.41, 5.74) is 1.02. The Kier molecular flexibility index (Phi) is 5.00. The number of oxazole rings is 1. The maximum Gasteiger partial charge on any atom is 0.335 e. The van der Waals surface area contributed by atoms with Crippen molar-refractivity contribution in [3.05, 3.63) is 65.5 Å². The van der Waals surface area contributed by atoms with Crippen molar-refractivity contribution in [3.63, 3.8) is 0 Å². The molecular weight excluding hydrogens is 370 g/mol. The molecule has 1 N–H and O–H groups in total. The van der Waals surface area contributed by atoms with Crippen molar-refractivity contribution in [3.8, 4) is 17.2 Å². The first-order chi connectivity index (χ1) is 12.8. The van der Waals surface area contributed by atoms with E-state index in [1.807, 2.05) is 0 Å². The van der Waals surface area contributed by atoms with E-state index in [0.29, 0.717) is 22.8 Å². The van der Waals surface area contributed by atoms with Crippen molar-refractivity contribution in [1.29, 1.82) is 0 Å². The molecule has 0 aliphatic carbocycles. The van der Waals surface area contributed by atoms with E-state index in [4.69, 9.17) is 14.3 Å². The van der Waals surface area contributed by atoms with Gasteiger partial charge in [-0.25, -0.2) is 18.2 Å². The van der Waals surface area contributed by atoms with E-state index in [9.17, 15) is 13.2 Å². The van der Waals surface area contributed by atoms with Gasteiger partial charge in [0.25, 0.3) is 0 Å². The first-order valence-electron chi connectivity index (χ1n) is 7.97. The number of methoxy groups -OCH3 is 1. The van der Waals surface area contributed by atoms with Crippen molar-refractivity contribution in [2.24, 2.45) is 0 Å². The Labute approximate surface area is 156 Å². The van der Waals surface area contributed by atoms with E-state index in [2.05, 4.69) is 4.98 Å². The SMILES string of the molecule is COc1ccc(S(=O)(=O)Cc2nc(-c3ccc(C(=O)O)cc3)oc2C)cc1. The van der Waals surface area contributed by atoms with E-state index < -0.39 is 15.8 Å². The monoisotopic (exact) mass is 387 g/mol. The lowest BCUT2D eigenvalue weighted by Crippen LogP contribution is -2.06. The fraction of sp³-hybridized carbons (Fsp3) is 0.158. The summed E-state index contributed by atoms with van der Waals surface area (Å²) in [5.74, 6) is -0.133. The summed E-state index contributed by atoms with van der Waals surface area (Å²) in [4.78, 5) is 15.4. The second-order valence-corrected chi connectivity index (χ2v) is 7.83. The summed E-state index contributed by atoms with van der Waals surface area (Å²) in [6.07, 6.45) is 0. The van der Waals surface area contributed by atoms with Crippen LogP contribution in [0.15, 0.2) is 57.8 Å². The van der Waals surface area contributed by atoms with Crippen LogP contribution in [0.1, 0.15) is 21.8 Å². The number of hydrogen-bond acceptors (Lipinski definition) is 6. The number of aromatic carboxylic acids is 1. The molecule has 2 aromatic carbocycles. The Morgan fingerprint density at radius 1 is 1.11 bits per heavy atom.